The summed E-state index contributed by atoms with van der Waals surface area (Å²) in [6.45, 7) is 3.62. The van der Waals surface area contributed by atoms with Crippen molar-refractivity contribution in [1.82, 2.24) is 0 Å². The second kappa shape index (κ2) is 5.03. The molecule has 0 unspecified atom stereocenters. The lowest BCUT2D eigenvalue weighted by atomic mass is 9.92. The number of nitrogens with two attached hydrogens (primary N) is 1. The van der Waals surface area contributed by atoms with Gasteiger partial charge in [-0.25, -0.2) is 0 Å². The van der Waals surface area contributed by atoms with Crippen LogP contribution in [0.5, 0.6) is 5.75 Å². The number of rotatable bonds is 3. The molecule has 6 nitrogen and oxygen atoms in total. The Labute approximate surface area is 117 Å². The van der Waals surface area contributed by atoms with Crippen molar-refractivity contribution in [2.75, 3.05) is 30.9 Å². The molecule has 1 heterocycles. The van der Waals surface area contributed by atoms with Gasteiger partial charge in [0, 0.05) is 12.2 Å². The summed E-state index contributed by atoms with van der Waals surface area (Å²) in [5, 5.41) is 0. The highest BCUT2D eigenvalue weighted by Crippen LogP contribution is 2.35. The summed E-state index contributed by atoms with van der Waals surface area (Å²) in [6.07, 6.45) is 0. The molecule has 1 aliphatic heterocycles. The normalized spacial score (nSPS) is 14.6. The van der Waals surface area contributed by atoms with Crippen LogP contribution in [0.3, 0.4) is 0 Å². The molecular formula is C14H18N2O4. The fraction of sp³-hybridized carbons (Fsp3) is 0.429. The molecule has 0 aliphatic carbocycles. The van der Waals surface area contributed by atoms with E-state index in [1.165, 1.54) is 12.0 Å². The highest BCUT2D eigenvalue weighted by atomic mass is 16.5. The number of amides is 1. The van der Waals surface area contributed by atoms with Gasteiger partial charge in [-0.1, -0.05) is 0 Å². The Morgan fingerprint density at radius 2 is 2.20 bits per heavy atom. The molecule has 108 valence electrons. The van der Waals surface area contributed by atoms with Crippen LogP contribution in [-0.2, 0) is 14.3 Å². The van der Waals surface area contributed by atoms with Crippen LogP contribution in [0.2, 0.25) is 0 Å². The minimum atomic E-state index is -0.816. The molecule has 1 aromatic carbocycles. The van der Waals surface area contributed by atoms with Gasteiger partial charge in [0.05, 0.1) is 18.2 Å². The number of carbonyl (C=O) groups is 2. The van der Waals surface area contributed by atoms with Gasteiger partial charge in [-0.05, 0) is 32.0 Å². The third-order valence-electron chi connectivity index (χ3n) is 3.22. The first-order valence-electron chi connectivity index (χ1n) is 6.26. The van der Waals surface area contributed by atoms with Gasteiger partial charge in [-0.3, -0.25) is 9.59 Å². The lowest BCUT2D eigenvalue weighted by Crippen LogP contribution is -2.46. The second-order valence-electron chi connectivity index (χ2n) is 5.37. The predicted octanol–water partition coefficient (Wildman–Crippen LogP) is 1.19. The van der Waals surface area contributed by atoms with Gasteiger partial charge in [0.15, 0.2) is 6.61 Å². The molecule has 0 aromatic heterocycles. The zero-order valence-corrected chi connectivity index (χ0v) is 11.8. The molecule has 2 rings (SSSR count). The molecule has 0 radical (unpaired) electrons. The van der Waals surface area contributed by atoms with Crippen molar-refractivity contribution in [3.63, 3.8) is 0 Å². The number of benzene rings is 1. The molecule has 0 bridgehead atoms. The van der Waals surface area contributed by atoms with E-state index < -0.39 is 5.41 Å². The Balaban J connectivity index is 2.35. The van der Waals surface area contributed by atoms with Gasteiger partial charge in [-0.2, -0.15) is 0 Å². The lowest BCUT2D eigenvalue weighted by Gasteiger charge is -2.34. The van der Waals surface area contributed by atoms with E-state index in [2.05, 4.69) is 0 Å². The minimum absolute atomic E-state index is 0.0474. The van der Waals surface area contributed by atoms with E-state index >= 15 is 0 Å². The molecule has 0 atom stereocenters. The first-order valence-corrected chi connectivity index (χ1v) is 6.26. The maximum atomic E-state index is 12.1. The maximum Gasteiger partial charge on any atom is 0.313 e. The number of esters is 1. The van der Waals surface area contributed by atoms with Gasteiger partial charge in [0.1, 0.15) is 5.75 Å². The Morgan fingerprint density at radius 1 is 1.50 bits per heavy atom. The molecule has 2 N–H and O–H groups in total. The summed E-state index contributed by atoms with van der Waals surface area (Å²) in [5.41, 5.74) is 6.05. The van der Waals surface area contributed by atoms with Crippen molar-refractivity contribution < 1.29 is 19.1 Å². The van der Waals surface area contributed by atoms with Gasteiger partial charge in [0.25, 0.3) is 5.91 Å². The molecule has 0 fully saturated rings. The zero-order valence-electron chi connectivity index (χ0n) is 11.8. The van der Waals surface area contributed by atoms with E-state index in [9.17, 15) is 9.59 Å². The van der Waals surface area contributed by atoms with Gasteiger partial charge in [-0.15, -0.1) is 0 Å². The first kappa shape index (κ1) is 14.2. The van der Waals surface area contributed by atoms with Gasteiger partial charge >= 0.3 is 5.97 Å². The number of carbonyl (C=O) groups excluding carboxylic acids is 2. The number of methoxy groups -OCH3 is 1. The summed E-state index contributed by atoms with van der Waals surface area (Å²) in [4.78, 5) is 25.4. The van der Waals surface area contributed by atoms with E-state index in [1.54, 1.807) is 32.0 Å². The van der Waals surface area contributed by atoms with E-state index in [0.717, 1.165) is 0 Å². The van der Waals surface area contributed by atoms with Crippen molar-refractivity contribution in [2.24, 2.45) is 5.41 Å². The SMILES string of the molecule is COC(=O)C(C)(C)CN1C(=O)COc2ccc(N)cc21. The summed E-state index contributed by atoms with van der Waals surface area (Å²) in [6, 6.07) is 5.09. The van der Waals surface area contributed by atoms with Crippen LogP contribution in [-0.4, -0.2) is 32.1 Å². The average Bonchev–Trinajstić information content (AvgIpc) is 2.41. The lowest BCUT2D eigenvalue weighted by molar-refractivity contribution is -0.150. The van der Waals surface area contributed by atoms with Crippen LogP contribution in [0.15, 0.2) is 18.2 Å². The first-order chi connectivity index (χ1) is 9.35. The third-order valence-corrected chi connectivity index (χ3v) is 3.22. The molecule has 0 saturated heterocycles. The number of hydrogen-bond donors (Lipinski definition) is 1. The Kier molecular flexibility index (Phi) is 3.57. The number of anilines is 2. The predicted molar refractivity (Wildman–Crippen MR) is 74.5 cm³/mol. The second-order valence-corrected chi connectivity index (χ2v) is 5.37. The van der Waals surface area contributed by atoms with Crippen molar-refractivity contribution in [3.05, 3.63) is 18.2 Å². The maximum absolute atomic E-state index is 12.1. The highest BCUT2D eigenvalue weighted by Gasteiger charge is 2.36. The topological polar surface area (TPSA) is 81.9 Å². The van der Waals surface area contributed by atoms with Crippen LogP contribution in [0.4, 0.5) is 11.4 Å². The Hall–Kier alpha value is -2.24. The van der Waals surface area contributed by atoms with Crippen LogP contribution < -0.4 is 15.4 Å². The summed E-state index contributed by atoms with van der Waals surface area (Å²) < 4.78 is 10.1. The quantitative estimate of drug-likeness (QED) is 0.663. The summed E-state index contributed by atoms with van der Waals surface area (Å²) in [7, 11) is 1.33. The average molecular weight is 278 g/mol. The fourth-order valence-electron chi connectivity index (χ4n) is 2.13. The largest absolute Gasteiger partial charge is 0.482 e. The van der Waals surface area contributed by atoms with E-state index in [1.807, 2.05) is 0 Å². The Bertz CT molecular complexity index is 554. The van der Waals surface area contributed by atoms with E-state index in [-0.39, 0.29) is 25.0 Å². The third kappa shape index (κ3) is 2.54. The molecular weight excluding hydrogens is 260 g/mol. The molecule has 6 heteroatoms. The molecule has 1 aliphatic rings. The number of nitrogen functional groups attached to an aromatic ring is 1. The van der Waals surface area contributed by atoms with Gasteiger partial charge in [0.2, 0.25) is 0 Å². The van der Waals surface area contributed by atoms with Crippen LogP contribution in [0.25, 0.3) is 0 Å². The van der Waals surface area contributed by atoms with Crippen LogP contribution in [0, 0.1) is 5.41 Å². The van der Waals surface area contributed by atoms with Gasteiger partial charge < -0.3 is 20.1 Å². The monoisotopic (exact) mass is 278 g/mol. The summed E-state index contributed by atoms with van der Waals surface area (Å²) >= 11 is 0. The standard InChI is InChI=1S/C14H18N2O4/c1-14(2,13(18)19-3)8-16-10-6-9(15)4-5-11(10)20-7-12(16)17/h4-6H,7-8,15H2,1-3H3. The minimum Gasteiger partial charge on any atom is -0.482 e. The van der Waals surface area contributed by atoms with Crippen molar-refractivity contribution >= 4 is 23.3 Å². The number of fused-ring (bicyclic) bond motifs is 1. The van der Waals surface area contributed by atoms with E-state index in [0.29, 0.717) is 17.1 Å². The fourth-order valence-corrected chi connectivity index (χ4v) is 2.13. The Morgan fingerprint density at radius 3 is 2.85 bits per heavy atom. The van der Waals surface area contributed by atoms with Crippen LogP contribution >= 0.6 is 0 Å². The number of nitrogens with zero attached hydrogens (tertiary/aromatic N) is 1. The highest BCUT2D eigenvalue weighted by molar-refractivity contribution is 5.99. The van der Waals surface area contributed by atoms with Crippen molar-refractivity contribution in [2.45, 2.75) is 13.8 Å². The smallest absolute Gasteiger partial charge is 0.313 e. The van der Waals surface area contributed by atoms with Crippen molar-refractivity contribution in [3.8, 4) is 5.75 Å². The number of hydrogen-bond acceptors (Lipinski definition) is 5. The summed E-state index contributed by atoms with van der Waals surface area (Å²) in [5.74, 6) is 0.00166. The number of ether oxygens (including phenoxy) is 2. The molecule has 20 heavy (non-hydrogen) atoms. The molecule has 0 saturated carbocycles. The van der Waals surface area contributed by atoms with Crippen LogP contribution in [0.1, 0.15) is 13.8 Å². The van der Waals surface area contributed by atoms with E-state index in [4.69, 9.17) is 15.2 Å². The van der Waals surface area contributed by atoms with Crippen molar-refractivity contribution in [1.29, 1.82) is 0 Å². The molecule has 1 aromatic rings. The molecule has 0 spiro atoms. The zero-order chi connectivity index (χ0) is 14.9. The molecule has 1 amide bonds.